The van der Waals surface area contributed by atoms with E-state index in [2.05, 4.69) is 40.1 Å². The largest absolute Gasteiger partial charge is 1.00 e. The molecule has 0 aliphatic heterocycles. The van der Waals surface area contributed by atoms with Crippen molar-refractivity contribution in [1.82, 2.24) is 0 Å². The van der Waals surface area contributed by atoms with Gasteiger partial charge in [0, 0.05) is 36.9 Å². The summed E-state index contributed by atoms with van der Waals surface area (Å²) in [5.41, 5.74) is 34.3. The fourth-order valence-electron chi connectivity index (χ4n) is 1.67. The van der Waals surface area contributed by atoms with Crippen LogP contribution < -0.4 is 59.1 Å². The maximum Gasteiger partial charge on any atom is 1.00 e. The minimum absolute atomic E-state index is 0. The van der Waals surface area contributed by atoms with E-state index in [0.29, 0.717) is 0 Å². The number of rotatable bonds is 15. The maximum absolute atomic E-state index is 11.0. The first-order valence-corrected chi connectivity index (χ1v) is 11.9. The van der Waals surface area contributed by atoms with Crippen molar-refractivity contribution in [1.29, 1.82) is 0 Å². The molecular weight excluding hydrogens is 502 g/mol. The van der Waals surface area contributed by atoms with Crippen LogP contribution >= 0.6 is 21.6 Å². The van der Waals surface area contributed by atoms with Gasteiger partial charge in [0.15, 0.2) is 11.1 Å². The molecule has 0 radical (unpaired) electrons. The van der Waals surface area contributed by atoms with Crippen LogP contribution in [0, 0.1) is 0 Å². The average Bonchev–Trinajstić information content (AvgIpc) is 2.62. The van der Waals surface area contributed by atoms with E-state index in [-0.39, 0.29) is 70.6 Å². The van der Waals surface area contributed by atoms with Gasteiger partial charge in [0.2, 0.25) is 0 Å². The van der Waals surface area contributed by atoms with E-state index in [4.69, 9.17) is 26.7 Å². The van der Waals surface area contributed by atoms with Crippen molar-refractivity contribution in [2.24, 2.45) is 20.5 Å². The van der Waals surface area contributed by atoms with Crippen LogP contribution in [0.15, 0.2) is 20.5 Å². The fourth-order valence-corrected chi connectivity index (χ4v) is 5.28. The molecule has 154 valence electrons. The molecule has 0 aromatic heterocycles. The predicted octanol–water partition coefficient (Wildman–Crippen LogP) is -2.81. The van der Waals surface area contributed by atoms with E-state index < -0.39 is 57.8 Å². The number of hydrogen-bond acceptors (Lipinski definition) is 9. The molecule has 2 unspecified atom stereocenters. The van der Waals surface area contributed by atoms with Crippen LogP contribution in [0.3, 0.4) is 0 Å². The molecule has 22 heteroatoms. The number of azide groups is 4. The van der Waals surface area contributed by atoms with E-state index in [1.807, 2.05) is 0 Å². The summed E-state index contributed by atoms with van der Waals surface area (Å²) < 4.78 is 41.6. The summed E-state index contributed by atoms with van der Waals surface area (Å²) in [4.78, 5) is 10.3. The minimum atomic E-state index is -2.52. The summed E-state index contributed by atoms with van der Waals surface area (Å²) in [5.74, 6) is -0.800. The Kier molecular flexibility index (Phi) is 25.9. The van der Waals surface area contributed by atoms with Gasteiger partial charge in [-0.15, -0.1) is 0 Å². The summed E-state index contributed by atoms with van der Waals surface area (Å²) in [6.45, 7) is 0. The molecule has 0 aromatic carbocycles. The Morgan fingerprint density at radius 3 is 1.40 bits per heavy atom. The molecule has 0 spiro atoms. The zero-order chi connectivity index (χ0) is 21.4. The third-order valence-corrected chi connectivity index (χ3v) is 6.55. The molecule has 16 nitrogen and oxygen atoms in total. The summed E-state index contributed by atoms with van der Waals surface area (Å²) >= 11 is -4.80. The predicted molar refractivity (Wildman–Crippen MR) is 106 cm³/mol. The molecule has 0 aliphatic carbocycles. The second-order valence-corrected chi connectivity index (χ2v) is 9.09. The Labute approximate surface area is 227 Å². The van der Waals surface area contributed by atoms with Crippen molar-refractivity contribution in [3.05, 3.63) is 41.8 Å². The molecule has 0 bridgehead atoms. The van der Waals surface area contributed by atoms with Gasteiger partial charge < -0.3 is 9.11 Å². The molecule has 0 aliphatic rings. The van der Waals surface area contributed by atoms with Crippen LogP contribution in [0.2, 0.25) is 0 Å². The topological polar surface area (TPSA) is 272 Å². The first-order valence-electron chi connectivity index (χ1n) is 6.94. The first-order chi connectivity index (χ1) is 13.4. The fraction of sp³-hybridized carbons (Fsp3) is 1.00. The number of nitrogens with zero attached hydrogens (tertiary/aromatic N) is 12. The Hall–Kier alpha value is 0.160. The van der Waals surface area contributed by atoms with E-state index in [1.54, 1.807) is 0 Å². The van der Waals surface area contributed by atoms with Gasteiger partial charge >= 0.3 is 59.1 Å². The third-order valence-electron chi connectivity index (χ3n) is 2.87. The van der Waals surface area contributed by atoms with Gasteiger partial charge in [0.1, 0.15) is 0 Å². The molecule has 6 atom stereocenters. The van der Waals surface area contributed by atoms with E-state index in [0.717, 1.165) is 21.6 Å². The molecule has 30 heavy (non-hydrogen) atoms. The molecule has 0 saturated heterocycles. The number of hydrogen-bond donors (Lipinski definition) is 1. The minimum Gasteiger partial charge on any atom is -0.772 e. The van der Waals surface area contributed by atoms with Gasteiger partial charge in [0.05, 0.1) is 29.9 Å². The van der Waals surface area contributed by atoms with Gasteiger partial charge in [-0.2, -0.15) is 0 Å². The van der Waals surface area contributed by atoms with Gasteiger partial charge in [-0.3, -0.25) is 4.21 Å². The molecule has 0 amide bonds. The van der Waals surface area contributed by atoms with Crippen LogP contribution in [0.1, 0.15) is 0 Å². The third kappa shape index (κ3) is 16.8. The normalized spacial score (nSPS) is 15.4. The van der Waals surface area contributed by atoms with Crippen LogP contribution in [-0.4, -0.2) is 64.7 Å². The quantitative estimate of drug-likeness (QED) is 0.0456. The molecule has 0 fully saturated rings. The summed E-state index contributed by atoms with van der Waals surface area (Å²) in [5, 5.41) is 13.6. The average molecular weight is 516 g/mol. The standard InChI is InChI=1S/C8H14N12O4S4.2Na/c9-17-13-5(7(15-19-11)3-27(21)22)1-25-26-2-6(14-18-10)8(16-20-12)4-28(23)24;;/h5-8H,1-4H2,(H,21,22)(H,23,24);;/q;2*+1/p-1/t5-,6-,7-,8-;;/m1../s1. The van der Waals surface area contributed by atoms with Crippen LogP contribution in [0.4, 0.5) is 0 Å². The second kappa shape index (κ2) is 22.4. The zero-order valence-corrected chi connectivity index (χ0v) is 23.1. The van der Waals surface area contributed by atoms with E-state index in [9.17, 15) is 13.0 Å². The summed E-state index contributed by atoms with van der Waals surface area (Å²) in [7, 11) is 2.21. The van der Waals surface area contributed by atoms with Crippen molar-refractivity contribution in [2.45, 2.75) is 24.2 Å². The molecule has 0 saturated carbocycles. The van der Waals surface area contributed by atoms with E-state index >= 15 is 0 Å². The van der Waals surface area contributed by atoms with Gasteiger partial charge in [-0.25, -0.2) is 4.21 Å². The second-order valence-electron chi connectivity index (χ2n) is 4.62. The first kappa shape index (κ1) is 34.8. The summed E-state index contributed by atoms with van der Waals surface area (Å²) in [6.07, 6.45) is 0. The van der Waals surface area contributed by atoms with Crippen LogP contribution in [-0.2, 0) is 22.2 Å². The van der Waals surface area contributed by atoms with Gasteiger partial charge in [-0.1, -0.05) is 53.1 Å². The van der Waals surface area contributed by atoms with Gasteiger partial charge in [0.25, 0.3) is 0 Å². The van der Waals surface area contributed by atoms with E-state index in [1.165, 1.54) is 0 Å². The van der Waals surface area contributed by atoms with Crippen LogP contribution in [0.5, 0.6) is 0 Å². The van der Waals surface area contributed by atoms with Crippen LogP contribution in [0.25, 0.3) is 41.8 Å². The SMILES string of the molecule is [N-]=[N+]=N[C@H](CSSC[C@@H](N=[N+]=[N-])[C@@H](CS(=O)O)N=[N+]=[N-])[C@@H](CS(=O)[O-])N=[N+]=[N-].[Na+].[Na+]. The maximum atomic E-state index is 11.0. The Bertz CT molecular complexity index is 691. The molecular formula is C8H13N12Na2O4S4+. The van der Waals surface area contributed by atoms with Crippen molar-refractivity contribution < 1.29 is 76.6 Å². The van der Waals surface area contributed by atoms with Crippen molar-refractivity contribution in [3.8, 4) is 0 Å². The molecule has 0 aromatic rings. The van der Waals surface area contributed by atoms with Crippen molar-refractivity contribution in [2.75, 3.05) is 23.0 Å². The van der Waals surface area contributed by atoms with Crippen molar-refractivity contribution in [3.63, 3.8) is 0 Å². The Morgan fingerprint density at radius 1 is 0.767 bits per heavy atom. The Balaban J connectivity index is -0.00000364. The smallest absolute Gasteiger partial charge is 0.772 e. The zero-order valence-electron chi connectivity index (χ0n) is 15.8. The molecule has 1 N–H and O–H groups in total. The van der Waals surface area contributed by atoms with Crippen molar-refractivity contribution >= 4 is 43.7 Å². The molecule has 0 heterocycles. The molecule has 0 rings (SSSR count). The van der Waals surface area contributed by atoms with Gasteiger partial charge in [-0.05, 0) is 22.1 Å². The Morgan fingerprint density at radius 2 is 1.10 bits per heavy atom. The summed E-state index contributed by atoms with van der Waals surface area (Å²) in [6, 6.07) is -4.03. The monoisotopic (exact) mass is 515 g/mol.